The zero-order valence-electron chi connectivity index (χ0n) is 26.7. The number of likely N-dealkylation sites (tertiary alicyclic amines) is 1. The summed E-state index contributed by atoms with van der Waals surface area (Å²) in [5.41, 5.74) is 15.9. The number of piperidine rings is 1. The van der Waals surface area contributed by atoms with Gasteiger partial charge in [0.25, 0.3) is 0 Å². The van der Waals surface area contributed by atoms with Gasteiger partial charge in [0.15, 0.2) is 0 Å². The third-order valence-electron chi connectivity index (χ3n) is 8.02. The summed E-state index contributed by atoms with van der Waals surface area (Å²) in [5.74, 6) is 2.01. The fourth-order valence-electron chi connectivity index (χ4n) is 5.85. The van der Waals surface area contributed by atoms with E-state index in [2.05, 4.69) is 99.4 Å². The number of aryl methyl sites for hydroxylation is 2. The van der Waals surface area contributed by atoms with Crippen LogP contribution in [0.5, 0.6) is 0 Å². The van der Waals surface area contributed by atoms with E-state index in [-0.39, 0.29) is 0 Å². The third kappa shape index (κ3) is 8.87. The highest BCUT2D eigenvalue weighted by Gasteiger charge is 2.23. The first-order valence-corrected chi connectivity index (χ1v) is 15.3. The Bertz CT molecular complexity index is 1190. The maximum atomic E-state index is 8.34. The van der Waals surface area contributed by atoms with Gasteiger partial charge in [0.2, 0.25) is 0 Å². The zero-order valence-corrected chi connectivity index (χ0v) is 26.7. The molecule has 0 atom stereocenters. The van der Waals surface area contributed by atoms with Crippen molar-refractivity contribution in [2.45, 2.75) is 100.0 Å². The van der Waals surface area contributed by atoms with Crippen LogP contribution in [0.1, 0.15) is 108 Å². The van der Waals surface area contributed by atoms with Gasteiger partial charge < -0.3 is 16.1 Å². The van der Waals surface area contributed by atoms with Crippen LogP contribution in [0.2, 0.25) is 0 Å². The number of aromatic amines is 1. The molecule has 4 N–H and O–H groups in total. The molecule has 1 aliphatic heterocycles. The van der Waals surface area contributed by atoms with Crippen molar-refractivity contribution in [3.05, 3.63) is 81.5 Å². The molecule has 0 spiro atoms. The van der Waals surface area contributed by atoms with Crippen molar-refractivity contribution in [3.63, 3.8) is 0 Å². The Kier molecular flexibility index (Phi) is 13.8. The van der Waals surface area contributed by atoms with Gasteiger partial charge in [0.1, 0.15) is 5.82 Å². The van der Waals surface area contributed by atoms with Gasteiger partial charge in [-0.25, -0.2) is 4.98 Å². The lowest BCUT2D eigenvalue weighted by Gasteiger charge is -2.32. The second-order valence-corrected chi connectivity index (χ2v) is 11.3. The van der Waals surface area contributed by atoms with E-state index in [4.69, 9.17) is 5.41 Å². The van der Waals surface area contributed by atoms with Crippen molar-refractivity contribution in [2.75, 3.05) is 20.1 Å². The summed E-state index contributed by atoms with van der Waals surface area (Å²) in [5, 5.41) is 8.34. The first-order valence-electron chi connectivity index (χ1n) is 15.3. The summed E-state index contributed by atoms with van der Waals surface area (Å²) in [7, 11) is 1.50. The lowest BCUT2D eigenvalue weighted by molar-refractivity contribution is 0.203. The quantitative estimate of drug-likeness (QED) is 0.195. The minimum Gasteiger partial charge on any atom is -0.345 e. The van der Waals surface area contributed by atoms with Crippen LogP contribution in [0, 0.1) is 25.2 Å². The lowest BCUT2D eigenvalue weighted by atomic mass is 9.80. The second kappa shape index (κ2) is 16.5. The van der Waals surface area contributed by atoms with Gasteiger partial charge in [0.05, 0.1) is 0 Å². The second-order valence-electron chi connectivity index (χ2n) is 11.3. The number of aromatic nitrogens is 2. The predicted octanol–water partition coefficient (Wildman–Crippen LogP) is 8.51. The van der Waals surface area contributed by atoms with Crippen molar-refractivity contribution in [1.82, 2.24) is 14.9 Å². The van der Waals surface area contributed by atoms with Crippen LogP contribution >= 0.6 is 0 Å². The Morgan fingerprint density at radius 3 is 2.38 bits per heavy atom. The van der Waals surface area contributed by atoms with E-state index in [1.165, 1.54) is 59.0 Å². The summed E-state index contributed by atoms with van der Waals surface area (Å²) in [6, 6.07) is 7.23. The summed E-state index contributed by atoms with van der Waals surface area (Å²) in [6.07, 6.45) is 11.8. The summed E-state index contributed by atoms with van der Waals surface area (Å²) in [6.45, 7) is 20.7. The van der Waals surface area contributed by atoms with Crippen molar-refractivity contribution in [3.8, 4) is 0 Å². The SMILES string of the molecule is C/C=C(\C=C(\C)C(=N)CC)C(/CCC)=C(/c1cc(C2CCN(Cc3cnc(C)[nH]3)CC2)ccc1C)C(C)C.CN. The first kappa shape index (κ1) is 33.4. The summed E-state index contributed by atoms with van der Waals surface area (Å²) >= 11 is 0. The Hall–Kier alpha value is -2.76. The van der Waals surface area contributed by atoms with Crippen LogP contribution in [0.15, 0.2) is 53.3 Å². The molecule has 40 heavy (non-hydrogen) atoms. The molecular weight excluding hydrogens is 490 g/mol. The number of hydrogen-bond acceptors (Lipinski definition) is 4. The molecule has 0 saturated carbocycles. The Morgan fingerprint density at radius 2 is 1.85 bits per heavy atom. The molecule has 0 bridgehead atoms. The lowest BCUT2D eigenvalue weighted by Crippen LogP contribution is -2.32. The minimum absolute atomic E-state index is 0.416. The number of imidazole rings is 1. The van der Waals surface area contributed by atoms with Gasteiger partial charge >= 0.3 is 0 Å². The first-order chi connectivity index (χ1) is 19.2. The molecule has 1 aromatic carbocycles. The van der Waals surface area contributed by atoms with E-state index in [0.717, 1.165) is 56.0 Å². The normalized spacial score (nSPS) is 16.1. The van der Waals surface area contributed by atoms with Gasteiger partial charge in [-0.05, 0) is 124 Å². The molecule has 0 radical (unpaired) electrons. The Morgan fingerprint density at radius 1 is 1.18 bits per heavy atom. The topological polar surface area (TPSA) is 81.8 Å². The number of nitrogens with two attached hydrogens (primary N) is 1. The van der Waals surface area contributed by atoms with Crippen molar-refractivity contribution >= 4 is 11.3 Å². The van der Waals surface area contributed by atoms with E-state index in [9.17, 15) is 0 Å². The molecule has 2 heterocycles. The molecule has 0 unspecified atom stereocenters. The number of allylic oxidation sites excluding steroid dienone is 6. The summed E-state index contributed by atoms with van der Waals surface area (Å²) in [4.78, 5) is 10.3. The standard InChI is InChI=1S/C34H50N4.CH5N/c1-9-12-31(27(10-2)19-25(7)33(35)11-3)34(23(4)5)32-20-29(14-13-24(32)6)28-15-17-38(18-16-28)22-30-21-36-26(8)37-30;1-2/h10,13-14,19-21,23,28,35H,9,11-12,15-18,22H2,1-8H3,(H,36,37);2H2,1H3/b25-19-,27-10+,34-31+,35-33?;. The molecule has 220 valence electrons. The third-order valence-corrected chi connectivity index (χ3v) is 8.02. The molecule has 2 aromatic rings. The average molecular weight is 546 g/mol. The molecule has 1 saturated heterocycles. The van der Waals surface area contributed by atoms with Crippen molar-refractivity contribution in [1.29, 1.82) is 5.41 Å². The molecule has 3 rings (SSSR count). The fourth-order valence-corrected chi connectivity index (χ4v) is 5.85. The van der Waals surface area contributed by atoms with Crippen LogP contribution in [0.3, 0.4) is 0 Å². The fraction of sp³-hybridized carbons (Fsp3) is 0.543. The van der Waals surface area contributed by atoms with Crippen LogP contribution < -0.4 is 5.73 Å². The van der Waals surface area contributed by atoms with Gasteiger partial charge in [-0.3, -0.25) is 4.90 Å². The molecule has 5 nitrogen and oxygen atoms in total. The van der Waals surface area contributed by atoms with Gasteiger partial charge in [-0.15, -0.1) is 0 Å². The smallest absolute Gasteiger partial charge is 0.103 e. The zero-order chi connectivity index (χ0) is 29.8. The molecule has 5 heteroatoms. The van der Waals surface area contributed by atoms with E-state index in [1.54, 1.807) is 0 Å². The number of nitrogens with one attached hydrogen (secondary N) is 2. The van der Waals surface area contributed by atoms with Crippen molar-refractivity contribution in [2.24, 2.45) is 11.7 Å². The maximum Gasteiger partial charge on any atom is 0.103 e. The number of rotatable bonds is 11. The summed E-state index contributed by atoms with van der Waals surface area (Å²) < 4.78 is 0. The average Bonchev–Trinajstić information content (AvgIpc) is 3.37. The van der Waals surface area contributed by atoms with Gasteiger partial charge in [0, 0.05) is 24.1 Å². The van der Waals surface area contributed by atoms with E-state index in [1.807, 2.05) is 13.1 Å². The molecule has 0 aliphatic carbocycles. The van der Waals surface area contributed by atoms with Crippen LogP contribution in [0.4, 0.5) is 0 Å². The van der Waals surface area contributed by atoms with Crippen LogP contribution in [-0.4, -0.2) is 40.7 Å². The van der Waals surface area contributed by atoms with Gasteiger partial charge in [-0.1, -0.05) is 64.5 Å². The minimum atomic E-state index is 0.416. The number of H-pyrrole nitrogens is 1. The van der Waals surface area contributed by atoms with Gasteiger partial charge in [-0.2, -0.15) is 0 Å². The maximum absolute atomic E-state index is 8.34. The van der Waals surface area contributed by atoms with E-state index in [0.29, 0.717) is 11.8 Å². The highest BCUT2D eigenvalue weighted by Crippen LogP contribution is 2.38. The molecular formula is C35H55N5. The number of hydrogen-bond donors (Lipinski definition) is 3. The molecule has 1 fully saturated rings. The van der Waals surface area contributed by atoms with Crippen molar-refractivity contribution < 1.29 is 0 Å². The number of nitrogens with zero attached hydrogens (tertiary/aromatic N) is 2. The van der Waals surface area contributed by atoms with Crippen LogP contribution in [-0.2, 0) is 6.54 Å². The van der Waals surface area contributed by atoms with E-state index < -0.39 is 0 Å². The Balaban J connectivity index is 0.00000274. The van der Waals surface area contributed by atoms with E-state index >= 15 is 0 Å². The molecule has 1 aromatic heterocycles. The predicted molar refractivity (Wildman–Crippen MR) is 174 cm³/mol. The Labute approximate surface area is 244 Å². The largest absolute Gasteiger partial charge is 0.345 e. The highest BCUT2D eigenvalue weighted by molar-refractivity contribution is 5.97. The monoisotopic (exact) mass is 545 g/mol. The molecule has 0 amide bonds. The number of benzene rings is 1. The highest BCUT2D eigenvalue weighted by atomic mass is 15.1. The van der Waals surface area contributed by atoms with Crippen LogP contribution in [0.25, 0.3) is 5.57 Å². The molecule has 1 aliphatic rings.